The van der Waals surface area contributed by atoms with Gasteiger partial charge in [0.05, 0.1) is 25.0 Å². The van der Waals surface area contributed by atoms with Gasteiger partial charge in [0.1, 0.15) is 22.7 Å². The van der Waals surface area contributed by atoms with E-state index in [1.165, 1.54) is 0 Å². The summed E-state index contributed by atoms with van der Waals surface area (Å²) in [6.07, 6.45) is 0. The summed E-state index contributed by atoms with van der Waals surface area (Å²) in [7, 11) is 1.54. The number of hydrogen-bond acceptors (Lipinski definition) is 6. The van der Waals surface area contributed by atoms with Crippen LogP contribution in [-0.2, 0) is 9.53 Å². The molecule has 0 unspecified atom stereocenters. The number of anilines is 1. The number of methoxy groups -OCH3 is 1. The van der Waals surface area contributed by atoms with Crippen molar-refractivity contribution < 1.29 is 28.2 Å². The number of amides is 1. The third-order valence-corrected chi connectivity index (χ3v) is 4.71. The van der Waals surface area contributed by atoms with E-state index in [4.69, 9.17) is 18.6 Å². The van der Waals surface area contributed by atoms with Crippen LogP contribution in [0, 0.1) is 0 Å². The molecule has 7 nitrogen and oxygen atoms in total. The van der Waals surface area contributed by atoms with Gasteiger partial charge in [0, 0.05) is 16.8 Å². The molecule has 0 saturated carbocycles. The number of carbonyl (C=O) groups excluding carboxylic acids is 2. The molecule has 158 valence electrons. The van der Waals surface area contributed by atoms with E-state index < -0.39 is 5.97 Å². The molecule has 0 saturated heterocycles. The molecule has 0 radical (unpaired) electrons. The van der Waals surface area contributed by atoms with Crippen molar-refractivity contribution >= 4 is 39.5 Å². The first-order valence-electron chi connectivity index (χ1n) is 9.78. The summed E-state index contributed by atoms with van der Waals surface area (Å²) >= 11 is 0. The second kappa shape index (κ2) is 8.79. The van der Waals surface area contributed by atoms with Gasteiger partial charge in [-0.1, -0.05) is 18.2 Å². The summed E-state index contributed by atoms with van der Waals surface area (Å²) in [4.78, 5) is 24.1. The number of ether oxygens (including phenoxy) is 3. The smallest absolute Gasteiger partial charge is 0.338 e. The quantitative estimate of drug-likeness (QED) is 0.434. The van der Waals surface area contributed by atoms with Gasteiger partial charge in [-0.15, -0.1) is 0 Å². The number of rotatable bonds is 7. The largest absolute Gasteiger partial charge is 0.495 e. The van der Waals surface area contributed by atoms with Crippen molar-refractivity contribution in [3.63, 3.8) is 0 Å². The molecule has 0 aliphatic carbocycles. The van der Waals surface area contributed by atoms with Gasteiger partial charge in [0.15, 0.2) is 6.61 Å². The van der Waals surface area contributed by atoms with E-state index in [1.54, 1.807) is 44.4 Å². The molecular weight excluding hydrogens is 398 g/mol. The first-order chi connectivity index (χ1) is 15.1. The molecule has 1 N–H and O–H groups in total. The minimum Gasteiger partial charge on any atom is -0.495 e. The maximum Gasteiger partial charge on any atom is 0.338 e. The first kappa shape index (κ1) is 20.3. The van der Waals surface area contributed by atoms with Crippen molar-refractivity contribution in [2.45, 2.75) is 6.92 Å². The van der Waals surface area contributed by atoms with Gasteiger partial charge in [0.2, 0.25) is 0 Å². The number of esters is 1. The van der Waals surface area contributed by atoms with E-state index in [0.717, 1.165) is 16.4 Å². The fraction of sp³-hybridized carbons (Fsp3) is 0.167. The van der Waals surface area contributed by atoms with Crippen LogP contribution in [0.3, 0.4) is 0 Å². The number of benzene rings is 3. The van der Waals surface area contributed by atoms with Crippen LogP contribution in [0.5, 0.6) is 11.5 Å². The van der Waals surface area contributed by atoms with Crippen LogP contribution in [0.25, 0.3) is 21.9 Å². The van der Waals surface area contributed by atoms with Crippen molar-refractivity contribution in [3.8, 4) is 11.5 Å². The second-order valence-corrected chi connectivity index (χ2v) is 6.73. The molecule has 1 aromatic heterocycles. The molecular formula is C24H21NO6. The third kappa shape index (κ3) is 4.30. The highest BCUT2D eigenvalue weighted by Gasteiger charge is 2.14. The van der Waals surface area contributed by atoms with Crippen LogP contribution in [0.15, 0.2) is 65.1 Å². The number of fused-ring (bicyclic) bond motifs is 3. The standard InChI is InChI=1S/C24H21NO6/c1-3-29-24(27)15-8-10-16(11-9-15)30-14-23(26)25-19-13-21-18(12-22(19)28-2)17-6-4-5-7-20(17)31-21/h4-13H,3,14H2,1-2H3,(H,25,26). The lowest BCUT2D eigenvalue weighted by Crippen LogP contribution is -2.20. The molecule has 4 aromatic rings. The SMILES string of the molecule is CCOC(=O)c1ccc(OCC(=O)Nc2cc3oc4ccccc4c3cc2OC)cc1. The molecule has 1 heterocycles. The highest BCUT2D eigenvalue weighted by atomic mass is 16.5. The normalized spacial score (nSPS) is 10.8. The van der Waals surface area contributed by atoms with Crippen molar-refractivity contribution in [1.82, 2.24) is 0 Å². The lowest BCUT2D eigenvalue weighted by atomic mass is 10.1. The van der Waals surface area contributed by atoms with Gasteiger partial charge >= 0.3 is 5.97 Å². The Balaban J connectivity index is 1.45. The molecule has 0 aliphatic heterocycles. The average Bonchev–Trinajstić information content (AvgIpc) is 3.15. The fourth-order valence-corrected chi connectivity index (χ4v) is 3.25. The topological polar surface area (TPSA) is 87.0 Å². The molecule has 3 aromatic carbocycles. The fourth-order valence-electron chi connectivity index (χ4n) is 3.25. The molecule has 31 heavy (non-hydrogen) atoms. The maximum absolute atomic E-state index is 12.4. The third-order valence-electron chi connectivity index (χ3n) is 4.71. The van der Waals surface area contributed by atoms with Crippen LogP contribution >= 0.6 is 0 Å². The lowest BCUT2D eigenvalue weighted by molar-refractivity contribution is -0.118. The summed E-state index contributed by atoms with van der Waals surface area (Å²) in [5.74, 6) is 0.220. The van der Waals surface area contributed by atoms with E-state index >= 15 is 0 Å². The van der Waals surface area contributed by atoms with Gasteiger partial charge in [-0.2, -0.15) is 0 Å². The summed E-state index contributed by atoms with van der Waals surface area (Å²) in [6, 6.07) is 17.7. The Labute approximate surface area is 178 Å². The number of carbonyl (C=O) groups is 2. The zero-order chi connectivity index (χ0) is 21.8. The Hall–Kier alpha value is -4.00. The van der Waals surface area contributed by atoms with Crippen molar-refractivity contribution in [3.05, 3.63) is 66.2 Å². The summed E-state index contributed by atoms with van der Waals surface area (Å²) < 4.78 is 21.8. The van der Waals surface area contributed by atoms with E-state index in [0.29, 0.717) is 34.9 Å². The molecule has 0 aliphatic rings. The van der Waals surface area contributed by atoms with E-state index in [2.05, 4.69) is 5.32 Å². The van der Waals surface area contributed by atoms with Crippen LogP contribution in [0.2, 0.25) is 0 Å². The monoisotopic (exact) mass is 419 g/mol. The zero-order valence-corrected chi connectivity index (χ0v) is 17.1. The summed E-state index contributed by atoms with van der Waals surface area (Å²) in [6.45, 7) is 1.84. The highest BCUT2D eigenvalue weighted by Crippen LogP contribution is 2.36. The molecule has 4 rings (SSSR count). The molecule has 0 atom stereocenters. The number of hydrogen-bond donors (Lipinski definition) is 1. The van der Waals surface area contributed by atoms with E-state index in [-0.39, 0.29) is 12.5 Å². The van der Waals surface area contributed by atoms with Crippen LogP contribution in [0.4, 0.5) is 5.69 Å². The Bertz CT molecular complexity index is 1240. The number of para-hydroxylation sites is 1. The molecule has 1 amide bonds. The highest BCUT2D eigenvalue weighted by molar-refractivity contribution is 6.07. The lowest BCUT2D eigenvalue weighted by Gasteiger charge is -2.11. The molecule has 0 spiro atoms. The van der Waals surface area contributed by atoms with Gasteiger partial charge < -0.3 is 23.9 Å². The number of furan rings is 1. The maximum atomic E-state index is 12.4. The predicted molar refractivity (Wildman–Crippen MR) is 117 cm³/mol. The average molecular weight is 419 g/mol. The van der Waals surface area contributed by atoms with Gasteiger partial charge in [-0.25, -0.2) is 4.79 Å². The van der Waals surface area contributed by atoms with Crippen LogP contribution in [0.1, 0.15) is 17.3 Å². The Morgan fingerprint density at radius 2 is 1.74 bits per heavy atom. The van der Waals surface area contributed by atoms with Crippen molar-refractivity contribution in [1.29, 1.82) is 0 Å². The van der Waals surface area contributed by atoms with Crippen molar-refractivity contribution in [2.75, 3.05) is 25.6 Å². The zero-order valence-electron chi connectivity index (χ0n) is 17.1. The molecule has 7 heteroatoms. The van der Waals surface area contributed by atoms with Gasteiger partial charge in [-0.3, -0.25) is 4.79 Å². The Morgan fingerprint density at radius 1 is 0.968 bits per heavy atom. The second-order valence-electron chi connectivity index (χ2n) is 6.73. The van der Waals surface area contributed by atoms with Gasteiger partial charge in [-0.05, 0) is 43.3 Å². The van der Waals surface area contributed by atoms with Crippen LogP contribution < -0.4 is 14.8 Å². The molecule has 0 bridgehead atoms. The minimum atomic E-state index is -0.403. The minimum absolute atomic E-state index is 0.208. The van der Waals surface area contributed by atoms with E-state index in [1.807, 2.05) is 30.3 Å². The summed E-state index contributed by atoms with van der Waals surface area (Å²) in [5.41, 5.74) is 2.31. The Kier molecular flexibility index (Phi) is 5.75. The van der Waals surface area contributed by atoms with E-state index in [9.17, 15) is 9.59 Å². The predicted octanol–water partition coefficient (Wildman–Crippen LogP) is 4.79. The van der Waals surface area contributed by atoms with Gasteiger partial charge in [0.25, 0.3) is 5.91 Å². The Morgan fingerprint density at radius 3 is 2.48 bits per heavy atom. The first-order valence-corrected chi connectivity index (χ1v) is 9.78. The summed E-state index contributed by atoms with van der Waals surface area (Å²) in [5, 5.41) is 4.67. The van der Waals surface area contributed by atoms with Crippen LogP contribution in [-0.4, -0.2) is 32.2 Å². The molecule has 0 fully saturated rings. The number of nitrogens with one attached hydrogen (secondary N) is 1. The van der Waals surface area contributed by atoms with Crippen molar-refractivity contribution in [2.24, 2.45) is 0 Å².